The summed E-state index contributed by atoms with van der Waals surface area (Å²) in [5, 5.41) is 8.64. The summed E-state index contributed by atoms with van der Waals surface area (Å²) in [5.74, 6) is -1.50. The Kier molecular flexibility index (Phi) is 4.29. The van der Waals surface area contributed by atoms with Gasteiger partial charge in [0.15, 0.2) is 0 Å². The predicted molar refractivity (Wildman–Crippen MR) is 73.4 cm³/mol. The molecule has 9 heteroatoms. The number of hydrogen-bond donors (Lipinski definition) is 1. The van der Waals surface area contributed by atoms with Crippen molar-refractivity contribution in [3.05, 3.63) is 59.4 Å². The number of alkyl halides is 3. The van der Waals surface area contributed by atoms with Crippen molar-refractivity contribution < 1.29 is 26.0 Å². The fraction of sp³-hybridized carbons (Fsp3) is 0.0714. The molecule has 120 valence electrons. The van der Waals surface area contributed by atoms with Crippen LogP contribution in [0.15, 0.2) is 47.4 Å². The van der Waals surface area contributed by atoms with Crippen molar-refractivity contribution in [2.45, 2.75) is 11.1 Å². The van der Waals surface area contributed by atoms with Crippen LogP contribution in [0.2, 0.25) is 0 Å². The van der Waals surface area contributed by atoms with Crippen LogP contribution in [-0.2, 0) is 16.2 Å². The molecule has 2 aromatic carbocycles. The summed E-state index contributed by atoms with van der Waals surface area (Å²) in [6, 6.07) is 8.35. The number of sulfonamides is 1. The molecule has 0 saturated carbocycles. The minimum absolute atomic E-state index is 0.227. The van der Waals surface area contributed by atoms with Crippen LogP contribution < -0.4 is 4.72 Å². The second-order valence-corrected chi connectivity index (χ2v) is 6.12. The van der Waals surface area contributed by atoms with Gasteiger partial charge in [-0.3, -0.25) is 4.72 Å². The minimum Gasteiger partial charge on any atom is -0.280 e. The van der Waals surface area contributed by atoms with Gasteiger partial charge in [0.2, 0.25) is 0 Å². The Hall–Kier alpha value is -2.60. The molecule has 0 unspecified atom stereocenters. The zero-order valence-corrected chi connectivity index (χ0v) is 12.0. The average molecular weight is 344 g/mol. The van der Waals surface area contributed by atoms with Crippen LogP contribution in [0.4, 0.5) is 23.2 Å². The molecule has 0 radical (unpaired) electrons. The Labute approximate surface area is 129 Å². The largest absolute Gasteiger partial charge is 0.419 e. The van der Waals surface area contributed by atoms with Gasteiger partial charge in [-0.2, -0.15) is 18.4 Å². The van der Waals surface area contributed by atoms with E-state index in [-0.39, 0.29) is 10.5 Å². The third-order valence-electron chi connectivity index (χ3n) is 2.82. The van der Waals surface area contributed by atoms with Gasteiger partial charge in [-0.15, -0.1) is 0 Å². The van der Waals surface area contributed by atoms with Crippen LogP contribution in [-0.4, -0.2) is 8.42 Å². The first-order valence-corrected chi connectivity index (χ1v) is 7.51. The van der Waals surface area contributed by atoms with E-state index in [0.717, 1.165) is 18.2 Å². The van der Waals surface area contributed by atoms with E-state index in [4.69, 9.17) is 5.26 Å². The van der Waals surface area contributed by atoms with Crippen LogP contribution in [0.3, 0.4) is 0 Å². The molecule has 0 aliphatic heterocycles. The van der Waals surface area contributed by atoms with E-state index in [1.54, 1.807) is 6.07 Å². The fourth-order valence-electron chi connectivity index (χ4n) is 1.73. The molecular formula is C14H8F4N2O2S. The lowest BCUT2D eigenvalue weighted by atomic mass is 10.2. The first-order chi connectivity index (χ1) is 10.6. The van der Waals surface area contributed by atoms with Gasteiger partial charge in [0.25, 0.3) is 10.0 Å². The number of benzene rings is 2. The standard InChI is InChI=1S/C14H8F4N2O2S/c15-13-6-3-10(7-12(13)14(16,17)18)20-23(21,22)11-4-1-9(8-19)2-5-11/h1-7,20H. The SMILES string of the molecule is N#Cc1ccc(S(=O)(=O)Nc2ccc(F)c(C(F)(F)F)c2)cc1. The average Bonchev–Trinajstić information content (AvgIpc) is 2.48. The lowest BCUT2D eigenvalue weighted by molar-refractivity contribution is -0.139. The number of rotatable bonds is 3. The van der Waals surface area contributed by atoms with Crippen molar-refractivity contribution in [1.29, 1.82) is 5.26 Å². The molecule has 0 aliphatic rings. The summed E-state index contributed by atoms with van der Waals surface area (Å²) < 4.78 is 77.1. The summed E-state index contributed by atoms with van der Waals surface area (Å²) in [6.07, 6.45) is -4.94. The van der Waals surface area contributed by atoms with Gasteiger partial charge in [0, 0.05) is 5.69 Å². The summed E-state index contributed by atoms with van der Waals surface area (Å²) >= 11 is 0. The molecule has 0 bridgehead atoms. The quantitative estimate of drug-likeness (QED) is 0.866. The lowest BCUT2D eigenvalue weighted by Crippen LogP contribution is -2.15. The second kappa shape index (κ2) is 5.89. The summed E-state index contributed by atoms with van der Waals surface area (Å²) in [4.78, 5) is -0.241. The third kappa shape index (κ3) is 3.78. The van der Waals surface area contributed by atoms with Gasteiger partial charge in [0.1, 0.15) is 5.82 Å². The molecule has 0 atom stereocenters. The minimum atomic E-state index is -4.94. The van der Waals surface area contributed by atoms with Crippen LogP contribution in [0.5, 0.6) is 0 Å². The normalized spacial score (nSPS) is 11.8. The predicted octanol–water partition coefficient (Wildman–Crippen LogP) is 3.52. The Morgan fingerprint density at radius 2 is 1.65 bits per heavy atom. The van der Waals surface area contributed by atoms with Gasteiger partial charge in [-0.25, -0.2) is 12.8 Å². The van der Waals surface area contributed by atoms with E-state index in [2.05, 4.69) is 0 Å². The molecule has 0 heterocycles. The number of hydrogen-bond acceptors (Lipinski definition) is 3. The molecule has 0 spiro atoms. The zero-order chi connectivity index (χ0) is 17.3. The monoisotopic (exact) mass is 344 g/mol. The first-order valence-electron chi connectivity index (χ1n) is 6.03. The molecule has 0 fully saturated rings. The molecule has 0 aromatic heterocycles. The number of nitrogens with zero attached hydrogens (tertiary/aromatic N) is 1. The van der Waals surface area contributed by atoms with Gasteiger partial charge in [-0.1, -0.05) is 0 Å². The van der Waals surface area contributed by atoms with E-state index in [1.807, 2.05) is 4.72 Å². The summed E-state index contributed by atoms with van der Waals surface area (Å²) in [6.45, 7) is 0. The smallest absolute Gasteiger partial charge is 0.280 e. The molecule has 0 amide bonds. The van der Waals surface area contributed by atoms with Crippen LogP contribution in [0.25, 0.3) is 0 Å². The third-order valence-corrected chi connectivity index (χ3v) is 4.21. The molecule has 4 nitrogen and oxygen atoms in total. The van der Waals surface area contributed by atoms with Gasteiger partial charge >= 0.3 is 6.18 Å². The maximum absolute atomic E-state index is 13.2. The number of nitriles is 1. The van der Waals surface area contributed by atoms with E-state index < -0.39 is 33.3 Å². The van der Waals surface area contributed by atoms with E-state index >= 15 is 0 Å². The van der Waals surface area contributed by atoms with Crippen molar-refractivity contribution in [1.82, 2.24) is 0 Å². The highest BCUT2D eigenvalue weighted by molar-refractivity contribution is 7.92. The molecular weight excluding hydrogens is 336 g/mol. The van der Waals surface area contributed by atoms with Crippen molar-refractivity contribution >= 4 is 15.7 Å². The maximum Gasteiger partial charge on any atom is 0.419 e. The molecule has 1 N–H and O–H groups in total. The maximum atomic E-state index is 13.2. The van der Waals surface area contributed by atoms with E-state index in [1.165, 1.54) is 12.1 Å². The molecule has 2 rings (SSSR count). The van der Waals surface area contributed by atoms with Gasteiger partial charge in [0.05, 0.1) is 22.1 Å². The molecule has 0 aliphatic carbocycles. The first kappa shape index (κ1) is 16.8. The summed E-state index contributed by atoms with van der Waals surface area (Å²) in [7, 11) is -4.16. The second-order valence-electron chi connectivity index (χ2n) is 4.43. The van der Waals surface area contributed by atoms with Crippen LogP contribution in [0, 0.1) is 17.1 Å². The Morgan fingerprint density at radius 1 is 1.04 bits per heavy atom. The highest BCUT2D eigenvalue weighted by Crippen LogP contribution is 2.33. The van der Waals surface area contributed by atoms with Crippen molar-refractivity contribution in [2.24, 2.45) is 0 Å². The highest BCUT2D eigenvalue weighted by atomic mass is 32.2. The number of nitrogens with one attached hydrogen (secondary N) is 1. The van der Waals surface area contributed by atoms with Crippen molar-refractivity contribution in [3.8, 4) is 6.07 Å². The van der Waals surface area contributed by atoms with Crippen molar-refractivity contribution in [3.63, 3.8) is 0 Å². The zero-order valence-electron chi connectivity index (χ0n) is 11.2. The lowest BCUT2D eigenvalue weighted by Gasteiger charge is -2.12. The van der Waals surface area contributed by atoms with Crippen LogP contribution >= 0.6 is 0 Å². The van der Waals surface area contributed by atoms with Gasteiger partial charge in [-0.05, 0) is 42.5 Å². The molecule has 2 aromatic rings. The highest BCUT2D eigenvalue weighted by Gasteiger charge is 2.34. The van der Waals surface area contributed by atoms with Gasteiger partial charge < -0.3 is 0 Å². The molecule has 23 heavy (non-hydrogen) atoms. The molecule has 0 saturated heterocycles. The summed E-state index contributed by atoms with van der Waals surface area (Å²) in [5.41, 5.74) is -1.77. The topological polar surface area (TPSA) is 70.0 Å². The van der Waals surface area contributed by atoms with E-state index in [0.29, 0.717) is 12.1 Å². The number of halogens is 4. The Balaban J connectivity index is 2.36. The number of anilines is 1. The Morgan fingerprint density at radius 3 is 2.17 bits per heavy atom. The van der Waals surface area contributed by atoms with Crippen LogP contribution in [0.1, 0.15) is 11.1 Å². The Bertz CT molecular complexity index is 869. The van der Waals surface area contributed by atoms with Crippen molar-refractivity contribution in [2.75, 3.05) is 4.72 Å². The van der Waals surface area contributed by atoms with E-state index in [9.17, 15) is 26.0 Å². The fourth-order valence-corrected chi connectivity index (χ4v) is 2.78.